The highest BCUT2D eigenvalue weighted by atomic mass is 16.5. The highest BCUT2D eigenvalue weighted by Crippen LogP contribution is 2.46. The Hall–Kier alpha value is -3.48. The second kappa shape index (κ2) is 9.64. The first-order valence-electron chi connectivity index (χ1n) is 12.5. The lowest BCUT2D eigenvalue weighted by Crippen LogP contribution is -2.63. The Bertz CT molecular complexity index is 1250. The first kappa shape index (κ1) is 23.3. The summed E-state index contributed by atoms with van der Waals surface area (Å²) in [7, 11) is 3.21. The van der Waals surface area contributed by atoms with E-state index in [-0.39, 0.29) is 18.4 Å². The molecule has 35 heavy (non-hydrogen) atoms. The van der Waals surface area contributed by atoms with Crippen LogP contribution in [0.25, 0.3) is 10.9 Å². The summed E-state index contributed by atoms with van der Waals surface area (Å²) >= 11 is 0. The van der Waals surface area contributed by atoms with Gasteiger partial charge in [0.05, 0.1) is 20.8 Å². The molecule has 2 unspecified atom stereocenters. The van der Waals surface area contributed by atoms with E-state index in [0.717, 1.165) is 53.4 Å². The molecule has 2 aliphatic heterocycles. The molecule has 0 bridgehead atoms. The molecule has 2 aliphatic rings. The molecule has 0 spiro atoms. The largest absolute Gasteiger partial charge is 0.493 e. The zero-order valence-electron chi connectivity index (χ0n) is 20.7. The Labute approximate surface area is 206 Å². The maximum atomic E-state index is 13.8. The van der Waals surface area contributed by atoms with Crippen molar-refractivity contribution in [3.05, 3.63) is 59.3 Å². The van der Waals surface area contributed by atoms with Crippen molar-refractivity contribution in [2.24, 2.45) is 0 Å². The minimum atomic E-state index is -0.546. The lowest BCUT2D eigenvalue weighted by molar-refractivity contribution is -0.158. The molecular weight excluding hydrogens is 442 g/mol. The van der Waals surface area contributed by atoms with Crippen LogP contribution in [0.1, 0.15) is 55.5 Å². The van der Waals surface area contributed by atoms with Crippen molar-refractivity contribution in [3.8, 4) is 11.5 Å². The molecule has 2 atom stereocenters. The van der Waals surface area contributed by atoms with E-state index in [2.05, 4.69) is 18.0 Å². The summed E-state index contributed by atoms with van der Waals surface area (Å²) in [5.41, 5.74) is 3.83. The van der Waals surface area contributed by atoms with E-state index in [4.69, 9.17) is 9.47 Å². The number of rotatable bonds is 8. The van der Waals surface area contributed by atoms with Crippen LogP contribution in [0.4, 0.5) is 0 Å². The molecule has 0 aliphatic carbocycles. The van der Waals surface area contributed by atoms with E-state index in [1.54, 1.807) is 24.0 Å². The summed E-state index contributed by atoms with van der Waals surface area (Å²) in [6.07, 6.45) is 4.76. The van der Waals surface area contributed by atoms with Crippen LogP contribution < -0.4 is 9.47 Å². The number of ether oxygens (including phenoxy) is 2. The van der Waals surface area contributed by atoms with Gasteiger partial charge in [-0.1, -0.05) is 56.5 Å². The number of aromatic amines is 1. The maximum absolute atomic E-state index is 13.8. The Kier molecular flexibility index (Phi) is 6.41. The number of carbonyl (C=O) groups excluding carboxylic acids is 2. The minimum absolute atomic E-state index is 0.0314. The average molecular weight is 476 g/mol. The fourth-order valence-electron chi connectivity index (χ4n) is 5.69. The summed E-state index contributed by atoms with van der Waals surface area (Å²) < 4.78 is 11.3. The van der Waals surface area contributed by atoms with Gasteiger partial charge in [-0.2, -0.15) is 0 Å². The predicted octanol–water partition coefficient (Wildman–Crippen LogP) is 4.45. The van der Waals surface area contributed by atoms with Crippen molar-refractivity contribution >= 4 is 22.7 Å². The summed E-state index contributed by atoms with van der Waals surface area (Å²) in [5, 5.41) is 1.09. The van der Waals surface area contributed by atoms with Gasteiger partial charge in [-0.25, -0.2) is 0 Å². The zero-order valence-corrected chi connectivity index (χ0v) is 20.7. The number of nitrogens with zero attached hydrogens (tertiary/aromatic N) is 2. The van der Waals surface area contributed by atoms with Gasteiger partial charge in [0.15, 0.2) is 11.5 Å². The van der Waals surface area contributed by atoms with Gasteiger partial charge in [0.1, 0.15) is 12.1 Å². The first-order chi connectivity index (χ1) is 17.1. The lowest BCUT2D eigenvalue weighted by Gasteiger charge is -2.47. The number of para-hydroxylation sites is 2. The van der Waals surface area contributed by atoms with E-state index in [1.165, 1.54) is 0 Å². The van der Waals surface area contributed by atoms with Crippen molar-refractivity contribution < 1.29 is 19.1 Å². The third kappa shape index (κ3) is 3.93. The molecule has 3 aromatic rings. The molecule has 2 aromatic carbocycles. The highest BCUT2D eigenvalue weighted by Gasteiger charge is 2.48. The summed E-state index contributed by atoms with van der Waals surface area (Å²) in [5.74, 6) is 1.17. The number of benzene rings is 2. The van der Waals surface area contributed by atoms with Gasteiger partial charge >= 0.3 is 0 Å². The van der Waals surface area contributed by atoms with E-state index in [9.17, 15) is 9.59 Å². The molecule has 0 radical (unpaired) electrons. The van der Waals surface area contributed by atoms with Gasteiger partial charge in [-0.05, 0) is 24.1 Å². The standard InChI is InChI=1S/C28H33N3O4/c1-4-5-6-9-15-30-17-24(32)31-22(28(30)33)16-20-18-11-7-8-13-21(18)29-25(20)26(31)19-12-10-14-23(34-2)27(19)35-3/h7-8,10-14,22,26,29H,4-6,9,15-17H2,1-3H3. The molecule has 3 heterocycles. The Balaban J connectivity index is 1.62. The summed E-state index contributed by atoms with van der Waals surface area (Å²) in [4.78, 5) is 34.5. The number of nitrogens with one attached hydrogen (secondary N) is 1. The van der Waals surface area contributed by atoms with Crippen LogP contribution in [0.15, 0.2) is 42.5 Å². The number of fused-ring (bicyclic) bond motifs is 4. The molecule has 7 heteroatoms. The van der Waals surface area contributed by atoms with E-state index in [1.807, 2.05) is 36.4 Å². The van der Waals surface area contributed by atoms with Gasteiger partial charge in [-0.15, -0.1) is 0 Å². The molecule has 1 fully saturated rings. The molecule has 5 rings (SSSR count). The van der Waals surface area contributed by atoms with Crippen LogP contribution in [0.5, 0.6) is 11.5 Å². The van der Waals surface area contributed by atoms with Crippen molar-refractivity contribution in [2.45, 2.75) is 51.1 Å². The Morgan fingerprint density at radius 3 is 2.60 bits per heavy atom. The number of piperazine rings is 1. The quantitative estimate of drug-likeness (QED) is 0.489. The number of methoxy groups -OCH3 is 2. The van der Waals surface area contributed by atoms with Gasteiger partial charge in [0, 0.05) is 35.1 Å². The third-order valence-electron chi connectivity index (χ3n) is 7.35. The van der Waals surface area contributed by atoms with Crippen molar-refractivity contribution in [3.63, 3.8) is 0 Å². The SMILES string of the molecule is CCCCCCN1CC(=O)N2C(Cc3c([nH]c4ccccc34)C2c2cccc(OC)c2OC)C1=O. The van der Waals surface area contributed by atoms with Crippen LogP contribution in [-0.2, 0) is 16.0 Å². The number of carbonyl (C=O) groups is 2. The molecule has 0 saturated carbocycles. The number of unbranched alkanes of at least 4 members (excludes halogenated alkanes) is 3. The first-order valence-corrected chi connectivity index (χ1v) is 12.5. The van der Waals surface area contributed by atoms with Gasteiger partial charge in [0.25, 0.3) is 0 Å². The van der Waals surface area contributed by atoms with E-state index >= 15 is 0 Å². The van der Waals surface area contributed by atoms with Crippen LogP contribution in [0, 0.1) is 0 Å². The van der Waals surface area contributed by atoms with Crippen LogP contribution in [-0.4, -0.2) is 59.9 Å². The molecular formula is C28H33N3O4. The van der Waals surface area contributed by atoms with Gasteiger partial charge < -0.3 is 24.3 Å². The third-order valence-corrected chi connectivity index (χ3v) is 7.35. The fourth-order valence-corrected chi connectivity index (χ4v) is 5.69. The van der Waals surface area contributed by atoms with Crippen LogP contribution in [0.2, 0.25) is 0 Å². The van der Waals surface area contributed by atoms with Gasteiger partial charge in [0.2, 0.25) is 11.8 Å². The van der Waals surface area contributed by atoms with Crippen molar-refractivity contribution in [2.75, 3.05) is 27.3 Å². The number of amides is 2. The van der Waals surface area contributed by atoms with Crippen LogP contribution >= 0.6 is 0 Å². The highest BCUT2D eigenvalue weighted by molar-refractivity contribution is 5.97. The fraction of sp³-hybridized carbons (Fsp3) is 0.429. The van der Waals surface area contributed by atoms with Crippen molar-refractivity contribution in [1.82, 2.24) is 14.8 Å². The molecule has 184 valence electrons. The molecule has 1 aromatic heterocycles. The monoisotopic (exact) mass is 475 g/mol. The zero-order chi connectivity index (χ0) is 24.5. The molecule has 1 saturated heterocycles. The maximum Gasteiger partial charge on any atom is 0.246 e. The topological polar surface area (TPSA) is 74.9 Å². The normalized spacial score (nSPS) is 19.6. The average Bonchev–Trinajstić information content (AvgIpc) is 3.26. The number of aromatic nitrogens is 1. The predicted molar refractivity (Wildman–Crippen MR) is 135 cm³/mol. The number of hydrogen-bond donors (Lipinski definition) is 1. The Morgan fingerprint density at radius 2 is 1.83 bits per heavy atom. The lowest BCUT2D eigenvalue weighted by atomic mass is 9.85. The molecule has 7 nitrogen and oxygen atoms in total. The minimum Gasteiger partial charge on any atom is -0.493 e. The number of H-pyrrole nitrogens is 1. The van der Waals surface area contributed by atoms with Gasteiger partial charge in [-0.3, -0.25) is 9.59 Å². The van der Waals surface area contributed by atoms with Crippen LogP contribution in [0.3, 0.4) is 0 Å². The summed E-state index contributed by atoms with van der Waals surface area (Å²) in [6, 6.07) is 12.8. The second-order valence-electron chi connectivity index (χ2n) is 9.39. The van der Waals surface area contributed by atoms with Crippen molar-refractivity contribution in [1.29, 1.82) is 0 Å². The van der Waals surface area contributed by atoms with E-state index < -0.39 is 12.1 Å². The Morgan fingerprint density at radius 1 is 1.00 bits per heavy atom. The molecule has 2 amide bonds. The second-order valence-corrected chi connectivity index (χ2v) is 9.39. The smallest absolute Gasteiger partial charge is 0.246 e. The summed E-state index contributed by atoms with van der Waals surface area (Å²) in [6.45, 7) is 2.91. The number of hydrogen-bond acceptors (Lipinski definition) is 4. The molecule has 1 N–H and O–H groups in total. The van der Waals surface area contributed by atoms with E-state index in [0.29, 0.717) is 24.5 Å².